The number of hydrogen-bond donors (Lipinski definition) is 2. The average Bonchev–Trinajstić information content (AvgIpc) is 3.00. The summed E-state index contributed by atoms with van der Waals surface area (Å²) in [7, 11) is 0. The normalized spacial score (nSPS) is 11.4. The van der Waals surface area contributed by atoms with Crippen molar-refractivity contribution in [1.29, 1.82) is 0 Å². The van der Waals surface area contributed by atoms with Crippen LogP contribution in [-0.2, 0) is 13.0 Å². The molecule has 4 heteroatoms. The fraction of sp³-hybridized carbons (Fsp3) is 0.353. The van der Waals surface area contributed by atoms with E-state index in [1.165, 1.54) is 16.0 Å². The molecule has 2 rings (SSSR count). The molecule has 0 aliphatic rings. The number of benzene rings is 1. The van der Waals surface area contributed by atoms with Gasteiger partial charge in [0.15, 0.2) is 5.96 Å². The van der Waals surface area contributed by atoms with Crippen LogP contribution in [0.5, 0.6) is 0 Å². The van der Waals surface area contributed by atoms with Gasteiger partial charge in [-0.05, 0) is 37.3 Å². The van der Waals surface area contributed by atoms with Crippen LogP contribution in [0.15, 0.2) is 46.8 Å². The van der Waals surface area contributed by atoms with Gasteiger partial charge in [0.1, 0.15) is 0 Å². The molecule has 3 nitrogen and oxygen atoms in total. The van der Waals surface area contributed by atoms with E-state index in [0.29, 0.717) is 6.54 Å². The Hall–Kier alpha value is -1.81. The molecule has 1 aromatic carbocycles. The van der Waals surface area contributed by atoms with Crippen molar-refractivity contribution in [2.45, 2.75) is 26.8 Å². The van der Waals surface area contributed by atoms with Gasteiger partial charge in [0.2, 0.25) is 0 Å². The zero-order valence-electron chi connectivity index (χ0n) is 12.7. The molecule has 1 aromatic heterocycles. The Balaban J connectivity index is 1.84. The number of rotatable bonds is 6. The first-order valence-electron chi connectivity index (χ1n) is 7.38. The summed E-state index contributed by atoms with van der Waals surface area (Å²) in [6.45, 7) is 6.67. The lowest BCUT2D eigenvalue weighted by Gasteiger charge is -2.10. The highest BCUT2D eigenvalue weighted by Crippen LogP contribution is 2.08. The van der Waals surface area contributed by atoms with Gasteiger partial charge in [-0.2, -0.15) is 0 Å². The molecule has 0 atom stereocenters. The minimum Gasteiger partial charge on any atom is -0.357 e. The highest BCUT2D eigenvalue weighted by atomic mass is 32.1. The predicted octanol–water partition coefficient (Wildman–Crippen LogP) is 3.35. The summed E-state index contributed by atoms with van der Waals surface area (Å²) in [6, 6.07) is 12.8. The quantitative estimate of drug-likeness (QED) is 0.634. The molecular formula is C17H23N3S. The van der Waals surface area contributed by atoms with Gasteiger partial charge in [-0.15, -0.1) is 11.3 Å². The molecule has 1 heterocycles. The van der Waals surface area contributed by atoms with Crippen molar-refractivity contribution in [2.24, 2.45) is 4.99 Å². The van der Waals surface area contributed by atoms with E-state index in [4.69, 9.17) is 0 Å². The fourth-order valence-electron chi connectivity index (χ4n) is 1.96. The number of hydrogen-bond acceptors (Lipinski definition) is 2. The van der Waals surface area contributed by atoms with Crippen LogP contribution in [0.2, 0.25) is 0 Å². The van der Waals surface area contributed by atoms with Crippen molar-refractivity contribution in [2.75, 3.05) is 13.1 Å². The maximum atomic E-state index is 4.63. The Morgan fingerprint density at radius 2 is 1.95 bits per heavy atom. The lowest BCUT2D eigenvalue weighted by molar-refractivity contribution is 0.804. The third-order valence-corrected chi connectivity index (χ3v) is 4.06. The first kappa shape index (κ1) is 15.6. The predicted molar refractivity (Wildman–Crippen MR) is 92.0 cm³/mol. The SMILES string of the molecule is CCNC(=NCc1ccc(C)cc1)NCCc1cccs1. The van der Waals surface area contributed by atoms with Crippen molar-refractivity contribution in [3.8, 4) is 0 Å². The lowest BCUT2D eigenvalue weighted by Crippen LogP contribution is -2.38. The summed E-state index contributed by atoms with van der Waals surface area (Å²) in [4.78, 5) is 6.03. The highest BCUT2D eigenvalue weighted by Gasteiger charge is 1.99. The molecular weight excluding hydrogens is 278 g/mol. The molecule has 2 aromatic rings. The molecule has 21 heavy (non-hydrogen) atoms. The molecule has 0 radical (unpaired) electrons. The molecule has 0 spiro atoms. The van der Waals surface area contributed by atoms with Gasteiger partial charge in [0, 0.05) is 18.0 Å². The van der Waals surface area contributed by atoms with Crippen LogP contribution < -0.4 is 10.6 Å². The number of guanidine groups is 1. The van der Waals surface area contributed by atoms with Crippen LogP contribution in [-0.4, -0.2) is 19.0 Å². The van der Waals surface area contributed by atoms with Gasteiger partial charge in [-0.1, -0.05) is 35.9 Å². The van der Waals surface area contributed by atoms with E-state index >= 15 is 0 Å². The van der Waals surface area contributed by atoms with Gasteiger partial charge in [-0.3, -0.25) is 0 Å². The number of aliphatic imine (C=N–C) groups is 1. The smallest absolute Gasteiger partial charge is 0.191 e. The van der Waals surface area contributed by atoms with E-state index in [1.54, 1.807) is 11.3 Å². The van der Waals surface area contributed by atoms with Gasteiger partial charge in [0.05, 0.1) is 6.54 Å². The van der Waals surface area contributed by atoms with Gasteiger partial charge >= 0.3 is 0 Å². The van der Waals surface area contributed by atoms with E-state index in [9.17, 15) is 0 Å². The Labute approximate surface area is 131 Å². The summed E-state index contributed by atoms with van der Waals surface area (Å²) < 4.78 is 0. The summed E-state index contributed by atoms with van der Waals surface area (Å²) in [5, 5.41) is 8.79. The Kier molecular flexibility index (Phi) is 6.28. The molecule has 0 saturated carbocycles. The summed E-state index contributed by atoms with van der Waals surface area (Å²) in [5.41, 5.74) is 2.51. The lowest BCUT2D eigenvalue weighted by atomic mass is 10.1. The van der Waals surface area contributed by atoms with Crippen LogP contribution in [0.1, 0.15) is 22.9 Å². The van der Waals surface area contributed by atoms with Crippen molar-refractivity contribution >= 4 is 17.3 Å². The first-order chi connectivity index (χ1) is 10.3. The zero-order valence-corrected chi connectivity index (χ0v) is 13.5. The highest BCUT2D eigenvalue weighted by molar-refractivity contribution is 7.09. The molecule has 0 unspecified atom stereocenters. The second-order valence-electron chi connectivity index (χ2n) is 4.94. The summed E-state index contributed by atoms with van der Waals surface area (Å²) in [6.07, 6.45) is 1.03. The average molecular weight is 301 g/mol. The van der Waals surface area contributed by atoms with E-state index in [1.807, 2.05) is 0 Å². The monoisotopic (exact) mass is 301 g/mol. The van der Waals surface area contributed by atoms with Crippen molar-refractivity contribution < 1.29 is 0 Å². The van der Waals surface area contributed by atoms with Crippen molar-refractivity contribution in [1.82, 2.24) is 10.6 Å². The summed E-state index contributed by atoms with van der Waals surface area (Å²) >= 11 is 1.80. The Morgan fingerprint density at radius 1 is 1.14 bits per heavy atom. The Bertz CT molecular complexity index is 544. The zero-order chi connectivity index (χ0) is 14.9. The maximum absolute atomic E-state index is 4.63. The fourth-order valence-corrected chi connectivity index (χ4v) is 2.67. The number of nitrogens with one attached hydrogen (secondary N) is 2. The molecule has 2 N–H and O–H groups in total. The molecule has 0 aliphatic heterocycles. The van der Waals surface area contributed by atoms with Crippen molar-refractivity contribution in [3.63, 3.8) is 0 Å². The molecule has 0 saturated heterocycles. The molecule has 0 aliphatic carbocycles. The maximum Gasteiger partial charge on any atom is 0.191 e. The standard InChI is InChI=1S/C17H23N3S/c1-3-18-17(19-11-10-16-5-4-12-21-16)20-13-15-8-6-14(2)7-9-15/h4-9,12H,3,10-11,13H2,1-2H3,(H2,18,19,20). The third kappa shape index (κ3) is 5.60. The number of aryl methyl sites for hydroxylation is 1. The second kappa shape index (κ2) is 8.47. The van der Waals surface area contributed by atoms with Crippen LogP contribution in [0.25, 0.3) is 0 Å². The molecule has 0 fully saturated rings. The van der Waals surface area contributed by atoms with E-state index < -0.39 is 0 Å². The number of nitrogens with zero attached hydrogens (tertiary/aromatic N) is 1. The Morgan fingerprint density at radius 3 is 2.62 bits per heavy atom. The summed E-state index contributed by atoms with van der Waals surface area (Å²) in [5.74, 6) is 0.884. The van der Waals surface area contributed by atoms with Crippen molar-refractivity contribution in [3.05, 3.63) is 57.8 Å². The van der Waals surface area contributed by atoms with E-state index in [2.05, 4.69) is 71.3 Å². The second-order valence-corrected chi connectivity index (χ2v) is 5.97. The number of thiophene rings is 1. The largest absolute Gasteiger partial charge is 0.357 e. The van der Waals surface area contributed by atoms with E-state index in [0.717, 1.165) is 25.5 Å². The minimum atomic E-state index is 0.703. The van der Waals surface area contributed by atoms with Gasteiger partial charge in [0.25, 0.3) is 0 Å². The third-order valence-electron chi connectivity index (χ3n) is 3.13. The van der Waals surface area contributed by atoms with Gasteiger partial charge < -0.3 is 10.6 Å². The first-order valence-corrected chi connectivity index (χ1v) is 8.26. The van der Waals surface area contributed by atoms with Crippen LogP contribution >= 0.6 is 11.3 Å². The van der Waals surface area contributed by atoms with E-state index in [-0.39, 0.29) is 0 Å². The molecule has 0 bridgehead atoms. The van der Waals surface area contributed by atoms with Gasteiger partial charge in [-0.25, -0.2) is 4.99 Å². The topological polar surface area (TPSA) is 36.4 Å². The van der Waals surface area contributed by atoms with Crippen LogP contribution in [0, 0.1) is 6.92 Å². The molecule has 112 valence electrons. The van der Waals surface area contributed by atoms with Crippen LogP contribution in [0.4, 0.5) is 0 Å². The minimum absolute atomic E-state index is 0.703. The molecule has 0 amide bonds. The van der Waals surface area contributed by atoms with Crippen LogP contribution in [0.3, 0.4) is 0 Å².